The number of halogens is 1. The molecule has 6 nitrogen and oxygen atoms in total. The summed E-state index contributed by atoms with van der Waals surface area (Å²) in [7, 11) is 1.36. The van der Waals surface area contributed by atoms with Gasteiger partial charge in [0, 0.05) is 11.6 Å². The van der Waals surface area contributed by atoms with Crippen molar-refractivity contribution in [3.8, 4) is 5.75 Å². The van der Waals surface area contributed by atoms with Crippen LogP contribution in [0.5, 0.6) is 5.75 Å². The molecule has 0 saturated heterocycles. The normalized spacial score (nSPS) is 10.6. The van der Waals surface area contributed by atoms with Gasteiger partial charge in [0.25, 0.3) is 0 Å². The number of aromatic nitrogens is 3. The van der Waals surface area contributed by atoms with Crippen LogP contribution in [-0.2, 0) is 22.7 Å². The van der Waals surface area contributed by atoms with Crippen LogP contribution >= 0.6 is 23.4 Å². The third-order valence-electron chi connectivity index (χ3n) is 3.15. The number of benzene rings is 1. The van der Waals surface area contributed by atoms with E-state index in [1.165, 1.54) is 18.9 Å². The summed E-state index contributed by atoms with van der Waals surface area (Å²) in [5, 5.41) is 9.60. The van der Waals surface area contributed by atoms with Gasteiger partial charge in [-0.3, -0.25) is 4.79 Å². The maximum absolute atomic E-state index is 11.2. The molecule has 2 aromatic rings. The standard InChI is InChI=1S/C15H18ClN3O3S/c1-4-19-13(17-18-15(19)23-9-14(20)21-3)8-22-12-6-5-11(16)7-10(12)2/h5-7H,4,8-9H2,1-3H3. The quantitative estimate of drug-likeness (QED) is 0.561. The zero-order valence-corrected chi connectivity index (χ0v) is 14.8. The molecule has 1 heterocycles. The summed E-state index contributed by atoms with van der Waals surface area (Å²) in [4.78, 5) is 11.2. The van der Waals surface area contributed by atoms with Crippen molar-refractivity contribution in [1.29, 1.82) is 0 Å². The van der Waals surface area contributed by atoms with Crippen molar-refractivity contribution < 1.29 is 14.3 Å². The molecule has 0 aliphatic carbocycles. The van der Waals surface area contributed by atoms with E-state index in [1.54, 1.807) is 6.07 Å². The van der Waals surface area contributed by atoms with Gasteiger partial charge in [0.1, 0.15) is 12.4 Å². The summed E-state index contributed by atoms with van der Waals surface area (Å²) in [6.45, 7) is 4.91. The molecule has 0 amide bonds. The Kier molecular flexibility index (Phi) is 6.29. The second-order valence-electron chi connectivity index (χ2n) is 4.71. The van der Waals surface area contributed by atoms with Crippen LogP contribution in [0.3, 0.4) is 0 Å². The van der Waals surface area contributed by atoms with Crippen LogP contribution in [0.4, 0.5) is 0 Å². The Morgan fingerprint density at radius 1 is 1.39 bits per heavy atom. The Labute approximate surface area is 144 Å². The molecular weight excluding hydrogens is 338 g/mol. The van der Waals surface area contributed by atoms with Gasteiger partial charge in [0.2, 0.25) is 0 Å². The lowest BCUT2D eigenvalue weighted by atomic mass is 10.2. The number of methoxy groups -OCH3 is 1. The highest BCUT2D eigenvalue weighted by Gasteiger charge is 2.14. The van der Waals surface area contributed by atoms with Gasteiger partial charge < -0.3 is 14.0 Å². The van der Waals surface area contributed by atoms with Crippen molar-refractivity contribution >= 4 is 29.3 Å². The highest BCUT2D eigenvalue weighted by Crippen LogP contribution is 2.23. The number of rotatable bonds is 7. The third-order valence-corrected chi connectivity index (χ3v) is 4.33. The zero-order chi connectivity index (χ0) is 16.8. The topological polar surface area (TPSA) is 66.2 Å². The van der Waals surface area contributed by atoms with Crippen molar-refractivity contribution in [2.45, 2.75) is 32.2 Å². The van der Waals surface area contributed by atoms with E-state index in [0.717, 1.165) is 11.3 Å². The van der Waals surface area contributed by atoms with Crippen LogP contribution in [0.2, 0.25) is 5.02 Å². The first-order valence-corrected chi connectivity index (χ1v) is 8.42. The molecule has 0 aliphatic heterocycles. The van der Waals surface area contributed by atoms with Gasteiger partial charge >= 0.3 is 5.97 Å². The van der Waals surface area contributed by atoms with Gasteiger partial charge in [-0.25, -0.2) is 0 Å². The van der Waals surface area contributed by atoms with E-state index in [2.05, 4.69) is 14.9 Å². The molecule has 0 aliphatic rings. The number of nitrogens with zero attached hydrogens (tertiary/aromatic N) is 3. The molecule has 0 radical (unpaired) electrons. The lowest BCUT2D eigenvalue weighted by molar-refractivity contribution is -0.137. The molecule has 0 unspecified atom stereocenters. The number of carbonyl (C=O) groups excluding carboxylic acids is 1. The predicted octanol–water partition coefficient (Wildman–Crippen LogP) is 3.10. The van der Waals surface area contributed by atoms with Crippen LogP contribution in [0.1, 0.15) is 18.3 Å². The van der Waals surface area contributed by atoms with Crippen molar-refractivity contribution in [3.63, 3.8) is 0 Å². The Balaban J connectivity index is 2.05. The molecule has 1 aromatic heterocycles. The Bertz CT molecular complexity index is 691. The summed E-state index contributed by atoms with van der Waals surface area (Å²) >= 11 is 7.23. The van der Waals surface area contributed by atoms with Gasteiger partial charge in [-0.15, -0.1) is 10.2 Å². The van der Waals surface area contributed by atoms with Crippen LogP contribution in [0.25, 0.3) is 0 Å². The summed E-state index contributed by atoms with van der Waals surface area (Å²) in [5.41, 5.74) is 0.959. The highest BCUT2D eigenvalue weighted by molar-refractivity contribution is 7.99. The van der Waals surface area contributed by atoms with E-state index in [1.807, 2.05) is 30.5 Å². The fourth-order valence-electron chi connectivity index (χ4n) is 1.95. The second-order valence-corrected chi connectivity index (χ2v) is 6.09. The molecular formula is C15H18ClN3O3S. The first kappa shape index (κ1) is 17.6. The van der Waals surface area contributed by atoms with Crippen LogP contribution in [0, 0.1) is 6.92 Å². The minimum absolute atomic E-state index is 0.200. The number of aryl methyl sites for hydroxylation is 1. The molecule has 0 saturated carbocycles. The molecule has 1 aromatic carbocycles. The largest absolute Gasteiger partial charge is 0.485 e. The number of esters is 1. The zero-order valence-electron chi connectivity index (χ0n) is 13.2. The first-order valence-electron chi connectivity index (χ1n) is 7.05. The molecule has 124 valence electrons. The maximum atomic E-state index is 11.2. The molecule has 0 spiro atoms. The minimum atomic E-state index is -0.296. The number of hydrogen-bond donors (Lipinski definition) is 0. The highest BCUT2D eigenvalue weighted by atomic mass is 35.5. The average Bonchev–Trinajstić information content (AvgIpc) is 2.93. The van der Waals surface area contributed by atoms with E-state index in [4.69, 9.17) is 16.3 Å². The van der Waals surface area contributed by atoms with Crippen molar-refractivity contribution in [2.75, 3.05) is 12.9 Å². The molecule has 0 atom stereocenters. The third kappa shape index (κ3) is 4.62. The monoisotopic (exact) mass is 355 g/mol. The molecule has 2 rings (SSSR count). The van der Waals surface area contributed by atoms with E-state index in [0.29, 0.717) is 29.2 Å². The first-order chi connectivity index (χ1) is 11.0. The van der Waals surface area contributed by atoms with Crippen molar-refractivity contribution in [2.24, 2.45) is 0 Å². The SMILES string of the molecule is CCn1c(COc2ccc(Cl)cc2C)nnc1SCC(=O)OC. The van der Waals surface area contributed by atoms with Gasteiger partial charge in [-0.2, -0.15) is 0 Å². The fourth-order valence-corrected chi connectivity index (χ4v) is 3.03. The summed E-state index contributed by atoms with van der Waals surface area (Å²) in [6.07, 6.45) is 0. The minimum Gasteiger partial charge on any atom is -0.485 e. The second kappa shape index (κ2) is 8.21. The summed E-state index contributed by atoms with van der Waals surface area (Å²) in [5.74, 6) is 1.36. The smallest absolute Gasteiger partial charge is 0.316 e. The van der Waals surface area contributed by atoms with Crippen molar-refractivity contribution in [3.05, 3.63) is 34.6 Å². The Morgan fingerprint density at radius 3 is 2.83 bits per heavy atom. The van der Waals surface area contributed by atoms with Crippen molar-refractivity contribution in [1.82, 2.24) is 14.8 Å². The van der Waals surface area contributed by atoms with E-state index < -0.39 is 0 Å². The van der Waals surface area contributed by atoms with Crippen LogP contribution in [-0.4, -0.2) is 33.6 Å². The number of thioether (sulfide) groups is 1. The van der Waals surface area contributed by atoms with Gasteiger partial charge in [0.05, 0.1) is 12.9 Å². The summed E-state index contributed by atoms with van der Waals surface area (Å²) < 4.78 is 12.3. The molecule has 23 heavy (non-hydrogen) atoms. The molecule has 0 fully saturated rings. The predicted molar refractivity (Wildman–Crippen MR) is 89.0 cm³/mol. The number of hydrogen-bond acceptors (Lipinski definition) is 6. The van der Waals surface area contributed by atoms with Crippen LogP contribution < -0.4 is 4.74 Å². The molecule has 0 N–H and O–H groups in total. The molecule has 8 heteroatoms. The van der Waals surface area contributed by atoms with Gasteiger partial charge in [-0.1, -0.05) is 23.4 Å². The maximum Gasteiger partial charge on any atom is 0.316 e. The lowest BCUT2D eigenvalue weighted by Gasteiger charge is -2.10. The average molecular weight is 356 g/mol. The Hall–Kier alpha value is -1.73. The lowest BCUT2D eigenvalue weighted by Crippen LogP contribution is -2.09. The molecule has 0 bridgehead atoms. The van der Waals surface area contributed by atoms with Gasteiger partial charge in [-0.05, 0) is 37.6 Å². The fraction of sp³-hybridized carbons (Fsp3) is 0.400. The number of carbonyl (C=O) groups is 1. The van der Waals surface area contributed by atoms with Gasteiger partial charge in [0.15, 0.2) is 11.0 Å². The summed E-state index contributed by atoms with van der Waals surface area (Å²) in [6, 6.07) is 5.46. The van der Waals surface area contributed by atoms with Crippen LogP contribution in [0.15, 0.2) is 23.4 Å². The van der Waals surface area contributed by atoms with E-state index in [-0.39, 0.29) is 11.7 Å². The number of ether oxygens (including phenoxy) is 2. The Morgan fingerprint density at radius 2 is 2.17 bits per heavy atom. The van der Waals surface area contributed by atoms with E-state index in [9.17, 15) is 4.79 Å². The van der Waals surface area contributed by atoms with E-state index >= 15 is 0 Å².